The lowest BCUT2D eigenvalue weighted by molar-refractivity contribution is -0.396. The molecule has 0 unspecified atom stereocenters. The first-order valence-corrected chi connectivity index (χ1v) is 54.0. The molecule has 752 valence electrons. The van der Waals surface area contributed by atoms with Crippen LogP contribution in [0.25, 0.3) is 0 Å². The van der Waals surface area contributed by atoms with Crippen molar-refractivity contribution in [2.24, 2.45) is 0 Å². The molecule has 24 N–H and O–H groups in total. The van der Waals surface area contributed by atoms with Crippen LogP contribution in [0, 0.1) is 0 Å². The predicted octanol–water partition coefficient (Wildman–Crippen LogP) is -5.30. The molecule has 0 amide bonds. The first-order chi connectivity index (χ1) is 61.9. The lowest BCUT2D eigenvalue weighted by atomic mass is 9.95. The van der Waals surface area contributed by atoms with Crippen molar-refractivity contribution in [2.45, 2.75) is 348 Å². The van der Waals surface area contributed by atoms with Crippen LogP contribution in [0.4, 0.5) is 0 Å². The maximum Gasteiger partial charge on any atom is 0.187 e. The van der Waals surface area contributed by atoms with Gasteiger partial charge in [-0.3, -0.25) is 0 Å². The molecule has 30 heterocycles. The fourth-order valence-corrected chi connectivity index (χ4v) is 24.5. The van der Waals surface area contributed by atoms with E-state index in [1.165, 1.54) is 94.1 Å². The normalized spacial score (nSPS) is 41.8. The van der Waals surface area contributed by atoms with Crippen molar-refractivity contribution < 1.29 is 198 Å². The molecule has 30 aliphatic heterocycles. The van der Waals surface area contributed by atoms with Gasteiger partial charge in [0.2, 0.25) is 0 Å². The van der Waals surface area contributed by atoms with Crippen LogP contribution in [0.15, 0.2) is 0 Å². The monoisotopic (exact) mass is 2000 g/mol. The predicted molar refractivity (Wildman–Crippen MR) is 474 cm³/mol. The van der Waals surface area contributed by atoms with E-state index in [1.807, 2.05) is 0 Å². The van der Waals surface area contributed by atoms with Gasteiger partial charge in [0.05, 0.1) is 48.8 Å². The lowest BCUT2D eigenvalue weighted by Crippen LogP contribution is -2.69. The Morgan fingerprint density at radius 2 is 0.234 bits per heavy atom. The Balaban J connectivity index is 1.11. The number of hydrogen-bond donors (Lipinski definition) is 24. The Kier molecular flexibility index (Phi) is 53.3. The van der Waals surface area contributed by atoms with E-state index in [0.29, 0.717) is 149 Å². The first kappa shape index (κ1) is 113. The van der Waals surface area contributed by atoms with Crippen LogP contribution in [0.5, 0.6) is 0 Å². The van der Waals surface area contributed by atoms with Crippen LogP contribution in [-0.4, -0.2) is 513 Å². The zero-order valence-electron chi connectivity index (χ0n) is 71.9. The van der Waals surface area contributed by atoms with Crippen LogP contribution < -0.4 is 0 Å². The standard InChI is InChI=1S/C80H144O40S8/c81-17-1-9-25-121-33-41-65-49(89)57(97)73(105-41)114-66-42(34-122-26-10-2-18-82)107-75(59(99)51(66)91)116-68-44(36-124-28-12-4-20-84)109-77(61(101)53(68)93)118-70-46(38-126-30-14-6-22-86)111-79(63(103)55(70)95)120-72-48(40-128-32-16-8-24-88)112-80(64(104)56(72)96)119-71-47(39-127-31-15-7-23-87)110-78(62(102)54(71)94)117-69-45(37-125-29-13-5-21-85)108-76(60(100)52(69)92)115-67-43(35-123-27-11-3-19-83)106-74(113-65)58(98)50(67)90/h41-104H,1-40H2/t41-,42-,43-,44-,45-,46-,47-,48-,49-,50-,51-,52-,53-,54-,55-,56-,57-,58-,59-,60-,61-,62-,63-,64-,65-,66-,67-,68-,69-,70-,71-,72-,73-,74-,75-,76-,77-,78-,79-,80-/m1/s1. The van der Waals surface area contributed by atoms with Crippen LogP contribution >= 0.6 is 94.1 Å². The summed E-state index contributed by atoms with van der Waals surface area (Å²) in [5.41, 5.74) is 0. The Morgan fingerprint density at radius 3 is 0.328 bits per heavy atom. The van der Waals surface area contributed by atoms with Crippen LogP contribution in [0.2, 0.25) is 0 Å². The van der Waals surface area contributed by atoms with E-state index in [4.69, 9.17) is 75.8 Å². The summed E-state index contributed by atoms with van der Waals surface area (Å²) in [6.07, 6.45) is -64.3. The van der Waals surface area contributed by atoms with Crippen molar-refractivity contribution in [2.75, 3.05) is 145 Å². The zero-order chi connectivity index (χ0) is 92.3. The molecule has 30 fully saturated rings. The molecule has 0 aromatic carbocycles. The molecule has 30 saturated heterocycles. The fourth-order valence-electron chi connectivity index (χ4n) is 15.9. The maximum atomic E-state index is 12.5. The van der Waals surface area contributed by atoms with E-state index in [1.54, 1.807) is 0 Å². The second kappa shape index (κ2) is 60.5. The van der Waals surface area contributed by atoms with Crippen LogP contribution in [0.1, 0.15) is 103 Å². The molecule has 128 heavy (non-hydrogen) atoms. The Labute approximate surface area is 780 Å². The van der Waals surface area contributed by atoms with Crippen molar-refractivity contribution in [1.82, 2.24) is 0 Å². The minimum Gasteiger partial charge on any atom is -0.396 e. The van der Waals surface area contributed by atoms with Crippen molar-refractivity contribution in [3.05, 3.63) is 0 Å². The number of ether oxygens (including phenoxy) is 16. The molecule has 40 nitrogen and oxygen atoms in total. The zero-order valence-corrected chi connectivity index (χ0v) is 78.4. The highest BCUT2D eigenvalue weighted by Gasteiger charge is 2.61. The number of unbranched alkanes of at least 4 members (excludes halogenated alkanes) is 8. The summed E-state index contributed by atoms with van der Waals surface area (Å²) in [6, 6.07) is 0. The highest BCUT2D eigenvalue weighted by atomic mass is 32.2. The van der Waals surface area contributed by atoms with Gasteiger partial charge >= 0.3 is 0 Å². The molecule has 30 aliphatic rings. The summed E-state index contributed by atoms with van der Waals surface area (Å²) in [4.78, 5) is 0. The Hall–Kier alpha value is 1.20. The average molecular weight is 2000 g/mol. The summed E-state index contributed by atoms with van der Waals surface area (Å²) in [7, 11) is 0. The molecule has 16 bridgehead atoms. The average Bonchev–Trinajstić information content (AvgIpc) is 0.769. The minimum absolute atomic E-state index is 0.0463. The van der Waals surface area contributed by atoms with Gasteiger partial charge < -0.3 is 198 Å². The summed E-state index contributed by atoms with van der Waals surface area (Å²) in [5, 5.41) is 276. The van der Waals surface area contributed by atoms with Gasteiger partial charge in [-0.05, 0) is 149 Å². The number of thioether (sulfide) groups is 8. The summed E-state index contributed by atoms with van der Waals surface area (Å²) < 4.78 is 104. The van der Waals surface area contributed by atoms with Gasteiger partial charge in [-0.2, -0.15) is 94.1 Å². The van der Waals surface area contributed by atoms with E-state index in [-0.39, 0.29) is 98.9 Å². The first-order valence-electron chi connectivity index (χ1n) is 44.8. The molecule has 0 saturated carbocycles. The largest absolute Gasteiger partial charge is 0.396 e. The molecule has 0 aromatic heterocycles. The smallest absolute Gasteiger partial charge is 0.187 e. The van der Waals surface area contributed by atoms with Crippen molar-refractivity contribution in [3.63, 3.8) is 0 Å². The molecular weight excluding hydrogens is 1860 g/mol. The highest BCUT2D eigenvalue weighted by Crippen LogP contribution is 2.43. The van der Waals surface area contributed by atoms with E-state index in [2.05, 4.69) is 0 Å². The Morgan fingerprint density at radius 1 is 0.133 bits per heavy atom. The van der Waals surface area contributed by atoms with E-state index < -0.39 is 246 Å². The third-order valence-electron chi connectivity index (χ3n) is 23.3. The van der Waals surface area contributed by atoms with Crippen molar-refractivity contribution >= 4 is 94.1 Å². The molecule has 0 aliphatic carbocycles. The van der Waals surface area contributed by atoms with Gasteiger partial charge in [-0.1, -0.05) is 0 Å². The van der Waals surface area contributed by atoms with Gasteiger partial charge in [0.25, 0.3) is 0 Å². The molecule has 0 aromatic rings. The molecule has 48 heteroatoms. The SMILES string of the molecule is OCCCCSC[C@H]1O[C@@H]2O[C@H]3[C@H](O)[C@@H](O)[C@@H](O[C@H]4[C@H](O)[C@@H](O)[C@@H](O[C@H]5[C@H](O)[C@@H](O)[C@@H](O[C@H]6[C@H](O)[C@@H](O)[C@@H](O[C@H]7[C@H](O)[C@@H](O)[C@@H](O[C@H]8[C@H](O)[C@@H](O)[C@@H](O[C@H]9[C@H](O)[C@@H](O)[C@@H](O[C@H]1[C@H](O)[C@H]2O)O[C@@H]9CSCCCCO)O[C@@H]8CSCCCCO)O[C@@H]7CSCCCCO)O[C@@H]6CSCCCCO)O[C@@H]5CSCCCCO)O[C@@H]4CSCCCCO)O[C@@H]3CSCCCCO. The highest BCUT2D eigenvalue weighted by molar-refractivity contribution is 8.00. The second-order valence-electron chi connectivity index (χ2n) is 33.0. The van der Waals surface area contributed by atoms with Crippen LogP contribution in [-0.2, 0) is 75.8 Å². The third-order valence-corrected chi connectivity index (χ3v) is 32.4. The van der Waals surface area contributed by atoms with E-state index in [9.17, 15) is 123 Å². The number of aliphatic hydroxyl groups excluding tert-OH is 24. The lowest BCUT2D eigenvalue weighted by Gasteiger charge is -2.51. The molecule has 40 atom stereocenters. The second-order valence-corrected chi connectivity index (χ2v) is 42.2. The number of aliphatic hydroxyl groups is 24. The molecular formula is C80H144O40S8. The van der Waals surface area contributed by atoms with E-state index in [0.717, 1.165) is 0 Å². The van der Waals surface area contributed by atoms with Crippen molar-refractivity contribution in [3.8, 4) is 0 Å². The third kappa shape index (κ3) is 32.6. The van der Waals surface area contributed by atoms with Gasteiger partial charge in [0.1, 0.15) is 146 Å². The fraction of sp³-hybridized carbons (Fsp3) is 1.00. The quantitative estimate of drug-likeness (QED) is 0.0253. The molecule has 30 rings (SSSR count). The van der Waals surface area contributed by atoms with Gasteiger partial charge in [0.15, 0.2) is 50.3 Å². The van der Waals surface area contributed by atoms with Gasteiger partial charge in [-0.25, -0.2) is 0 Å². The Bertz CT molecular complexity index is 2370. The number of hydrogen-bond acceptors (Lipinski definition) is 48. The summed E-state index contributed by atoms with van der Waals surface area (Å²) in [6.45, 7) is -0.988. The number of rotatable bonds is 48. The van der Waals surface area contributed by atoms with Crippen LogP contribution in [0.3, 0.4) is 0 Å². The van der Waals surface area contributed by atoms with Crippen molar-refractivity contribution in [1.29, 1.82) is 0 Å². The minimum atomic E-state index is -2.09. The van der Waals surface area contributed by atoms with E-state index >= 15 is 0 Å². The summed E-state index contributed by atoms with van der Waals surface area (Å²) in [5.74, 6) is 2.96. The topological polar surface area (TPSA) is 633 Å². The molecule has 0 spiro atoms. The molecule has 0 radical (unpaired) electrons. The van der Waals surface area contributed by atoms with Gasteiger partial charge in [-0.15, -0.1) is 0 Å². The maximum absolute atomic E-state index is 12.5. The summed E-state index contributed by atoms with van der Waals surface area (Å²) >= 11 is 10.3. The van der Waals surface area contributed by atoms with Gasteiger partial charge in [0, 0.05) is 98.9 Å².